The Hall–Kier alpha value is -3.43. The summed E-state index contributed by atoms with van der Waals surface area (Å²) < 4.78 is 37.9. The highest BCUT2D eigenvalue weighted by molar-refractivity contribution is 6.00. The summed E-state index contributed by atoms with van der Waals surface area (Å²) in [5.74, 6) is -0.396. The molecule has 1 atom stereocenters. The molecule has 4 aromatic rings. The van der Waals surface area contributed by atoms with Gasteiger partial charge in [-0.05, 0) is 87.4 Å². The maximum Gasteiger partial charge on any atom is 0.319 e. The number of aryl methyl sites for hydroxylation is 1. The maximum absolute atomic E-state index is 16.7. The minimum Gasteiger partial charge on any atom is -0.461 e. The number of β-amino-alcohol motifs (C(OH)–C–C–N with tert-alkyl or cyclic N) is 1. The predicted molar refractivity (Wildman–Crippen MR) is 160 cm³/mol. The normalized spacial score (nSPS) is 22.3. The molecule has 42 heavy (non-hydrogen) atoms. The van der Waals surface area contributed by atoms with Crippen LogP contribution in [0.5, 0.6) is 6.01 Å². The summed E-state index contributed by atoms with van der Waals surface area (Å²) in [6, 6.07) is 8.83. The zero-order chi connectivity index (χ0) is 29.1. The van der Waals surface area contributed by atoms with Gasteiger partial charge in [0.25, 0.3) is 0 Å². The number of aromatic nitrogens is 3. The molecular weight excluding hydrogens is 536 g/mol. The molecular formula is C33H37F2N5O2. The molecule has 3 aliphatic heterocycles. The number of benzene rings is 2. The van der Waals surface area contributed by atoms with Gasteiger partial charge in [-0.2, -0.15) is 9.97 Å². The minimum atomic E-state index is -0.890. The van der Waals surface area contributed by atoms with Gasteiger partial charge < -0.3 is 14.7 Å². The molecule has 0 unspecified atom stereocenters. The number of ether oxygens (including phenoxy) is 1. The average Bonchev–Trinajstić information content (AvgIpc) is 3.56. The first-order valence-electron chi connectivity index (χ1n) is 15.2. The number of anilines is 1. The van der Waals surface area contributed by atoms with E-state index in [0.29, 0.717) is 60.3 Å². The van der Waals surface area contributed by atoms with Crippen LogP contribution < -0.4 is 9.64 Å². The highest BCUT2D eigenvalue weighted by Crippen LogP contribution is 2.40. The lowest BCUT2D eigenvalue weighted by Crippen LogP contribution is -2.46. The Bertz CT molecular complexity index is 1670. The van der Waals surface area contributed by atoms with Crippen LogP contribution in [0.2, 0.25) is 0 Å². The number of halogens is 2. The molecule has 0 aliphatic carbocycles. The Morgan fingerprint density at radius 1 is 1.00 bits per heavy atom. The van der Waals surface area contributed by atoms with Crippen LogP contribution in [0.25, 0.3) is 32.9 Å². The molecule has 0 spiro atoms. The fourth-order valence-electron chi connectivity index (χ4n) is 7.55. The standard InChI is InChI=1S/C33H37F2N5O2/c1-3-22-25(34)11-10-21-8-4-9-23(26(21)22)28-27(35)29-24(18-36-28)30(39-15-5-12-32(2,41)19-39)38-31(37-29)42-20-33-13-6-16-40(33)17-7-14-33/h4,8-11,18,41H,3,5-7,12-17,19-20H2,1-2H3/t32-/m1/s1. The van der Waals surface area contributed by atoms with Gasteiger partial charge in [0.2, 0.25) is 0 Å². The third-order valence-electron chi connectivity index (χ3n) is 9.60. The molecule has 2 aromatic heterocycles. The second-order valence-electron chi connectivity index (χ2n) is 12.5. The third-order valence-corrected chi connectivity index (χ3v) is 9.60. The SMILES string of the molecule is CCc1c(F)ccc2cccc(-c3ncc4c(N5CCC[C@@](C)(O)C5)nc(OCC56CCCN5CCC6)nc4c3F)c12. The molecule has 5 heterocycles. The summed E-state index contributed by atoms with van der Waals surface area (Å²) in [4.78, 5) is 18.5. The van der Waals surface area contributed by atoms with E-state index in [1.165, 1.54) is 6.07 Å². The molecule has 0 radical (unpaired) electrons. The Morgan fingerprint density at radius 3 is 2.55 bits per heavy atom. The van der Waals surface area contributed by atoms with Crippen molar-refractivity contribution in [3.63, 3.8) is 0 Å². The number of rotatable bonds is 6. The molecule has 7 rings (SSSR count). The number of fused-ring (bicyclic) bond motifs is 3. The molecule has 7 nitrogen and oxygen atoms in total. The minimum absolute atomic E-state index is 0.0151. The summed E-state index contributed by atoms with van der Waals surface area (Å²) in [7, 11) is 0. The van der Waals surface area contributed by atoms with Gasteiger partial charge in [-0.15, -0.1) is 0 Å². The fraction of sp³-hybridized carbons (Fsp3) is 0.485. The van der Waals surface area contributed by atoms with Gasteiger partial charge in [-0.3, -0.25) is 9.88 Å². The van der Waals surface area contributed by atoms with Gasteiger partial charge in [0.05, 0.1) is 16.5 Å². The topological polar surface area (TPSA) is 74.6 Å². The van der Waals surface area contributed by atoms with Crippen LogP contribution in [0.4, 0.5) is 14.6 Å². The summed E-state index contributed by atoms with van der Waals surface area (Å²) in [5.41, 5.74) is 0.384. The maximum atomic E-state index is 16.7. The van der Waals surface area contributed by atoms with Crippen LogP contribution in [-0.2, 0) is 6.42 Å². The Morgan fingerprint density at radius 2 is 1.79 bits per heavy atom. The molecule has 0 saturated carbocycles. The van der Waals surface area contributed by atoms with E-state index in [2.05, 4.69) is 14.9 Å². The molecule has 0 bridgehead atoms. The molecule has 220 valence electrons. The van der Waals surface area contributed by atoms with Crippen molar-refractivity contribution in [2.45, 2.75) is 69.9 Å². The summed E-state index contributed by atoms with van der Waals surface area (Å²) in [5, 5.41) is 12.8. The van der Waals surface area contributed by atoms with Crippen molar-refractivity contribution >= 4 is 27.5 Å². The van der Waals surface area contributed by atoms with E-state index >= 15 is 4.39 Å². The van der Waals surface area contributed by atoms with E-state index in [0.717, 1.165) is 50.6 Å². The number of aliphatic hydroxyl groups is 1. The van der Waals surface area contributed by atoms with E-state index in [4.69, 9.17) is 9.72 Å². The van der Waals surface area contributed by atoms with Crippen molar-refractivity contribution in [2.24, 2.45) is 0 Å². The molecule has 2 aromatic carbocycles. The van der Waals surface area contributed by atoms with Crippen molar-refractivity contribution in [1.29, 1.82) is 0 Å². The van der Waals surface area contributed by atoms with Crippen LogP contribution >= 0.6 is 0 Å². The van der Waals surface area contributed by atoms with Crippen molar-refractivity contribution < 1.29 is 18.6 Å². The quantitative estimate of drug-likeness (QED) is 0.301. The largest absolute Gasteiger partial charge is 0.461 e. The molecule has 3 fully saturated rings. The fourth-order valence-corrected chi connectivity index (χ4v) is 7.55. The summed E-state index contributed by atoms with van der Waals surface area (Å²) in [6.45, 7) is 7.35. The highest BCUT2D eigenvalue weighted by Gasteiger charge is 2.45. The zero-order valence-electron chi connectivity index (χ0n) is 24.3. The number of piperidine rings is 1. The highest BCUT2D eigenvalue weighted by atomic mass is 19.1. The second-order valence-corrected chi connectivity index (χ2v) is 12.5. The van der Waals surface area contributed by atoms with Gasteiger partial charge in [-0.25, -0.2) is 8.78 Å². The van der Waals surface area contributed by atoms with E-state index in [1.54, 1.807) is 18.3 Å². The monoisotopic (exact) mass is 573 g/mol. The van der Waals surface area contributed by atoms with E-state index in [1.807, 2.05) is 30.9 Å². The van der Waals surface area contributed by atoms with Crippen LogP contribution in [0, 0.1) is 11.6 Å². The lowest BCUT2D eigenvalue weighted by atomic mass is 9.94. The average molecular weight is 574 g/mol. The second kappa shape index (κ2) is 10.4. The van der Waals surface area contributed by atoms with Gasteiger partial charge in [-0.1, -0.05) is 31.2 Å². The molecule has 9 heteroatoms. The summed E-state index contributed by atoms with van der Waals surface area (Å²) >= 11 is 0. The lowest BCUT2D eigenvalue weighted by Gasteiger charge is -2.38. The smallest absolute Gasteiger partial charge is 0.319 e. The van der Waals surface area contributed by atoms with Crippen molar-refractivity contribution in [1.82, 2.24) is 19.9 Å². The van der Waals surface area contributed by atoms with Crippen LogP contribution in [0.1, 0.15) is 57.9 Å². The van der Waals surface area contributed by atoms with E-state index in [-0.39, 0.29) is 28.6 Å². The van der Waals surface area contributed by atoms with Gasteiger partial charge in [0, 0.05) is 24.8 Å². The van der Waals surface area contributed by atoms with Gasteiger partial charge >= 0.3 is 6.01 Å². The van der Waals surface area contributed by atoms with E-state index in [9.17, 15) is 9.50 Å². The molecule has 3 saturated heterocycles. The first-order chi connectivity index (χ1) is 20.3. The number of hydrogen-bond acceptors (Lipinski definition) is 7. The van der Waals surface area contributed by atoms with Gasteiger partial charge in [0.15, 0.2) is 5.82 Å². The molecule has 0 amide bonds. The first kappa shape index (κ1) is 27.4. The summed E-state index contributed by atoms with van der Waals surface area (Å²) in [6.07, 6.45) is 7.97. The molecule has 3 aliphatic rings. The van der Waals surface area contributed by atoms with E-state index < -0.39 is 11.4 Å². The number of nitrogens with zero attached hydrogens (tertiary/aromatic N) is 5. The van der Waals surface area contributed by atoms with Crippen LogP contribution in [0.15, 0.2) is 36.5 Å². The Balaban J connectivity index is 1.37. The van der Waals surface area contributed by atoms with Crippen molar-refractivity contribution in [3.8, 4) is 17.3 Å². The predicted octanol–water partition coefficient (Wildman–Crippen LogP) is 6.04. The Kier molecular flexibility index (Phi) is 6.77. The molecule has 1 N–H and O–H groups in total. The third kappa shape index (κ3) is 4.57. The number of pyridine rings is 1. The van der Waals surface area contributed by atoms with Gasteiger partial charge in [0.1, 0.15) is 29.5 Å². The zero-order valence-corrected chi connectivity index (χ0v) is 24.3. The Labute approximate surface area is 244 Å². The van der Waals surface area contributed by atoms with Crippen molar-refractivity contribution in [3.05, 3.63) is 53.7 Å². The lowest BCUT2D eigenvalue weighted by molar-refractivity contribution is 0.0447. The number of hydrogen-bond donors (Lipinski definition) is 1. The van der Waals surface area contributed by atoms with Crippen molar-refractivity contribution in [2.75, 3.05) is 37.7 Å². The van der Waals surface area contributed by atoms with Crippen LogP contribution in [-0.4, -0.2) is 68.9 Å². The van der Waals surface area contributed by atoms with Crippen LogP contribution in [0.3, 0.4) is 0 Å². The first-order valence-corrected chi connectivity index (χ1v) is 15.2.